The quantitative estimate of drug-likeness (QED) is 0.711. The molecule has 0 aliphatic rings. The number of benzene rings is 1. The molecule has 0 saturated heterocycles. The maximum Gasteiger partial charge on any atom is 0.120 e. The van der Waals surface area contributed by atoms with Crippen LogP contribution in [-0.4, -0.2) is 17.3 Å². The zero-order chi connectivity index (χ0) is 11.3. The van der Waals surface area contributed by atoms with Gasteiger partial charge in [-0.1, -0.05) is 11.8 Å². The van der Waals surface area contributed by atoms with E-state index in [0.717, 1.165) is 11.3 Å². The topological polar surface area (TPSA) is 29.5 Å². The Labute approximate surface area is 90.9 Å². The second kappa shape index (κ2) is 4.86. The van der Waals surface area contributed by atoms with Crippen LogP contribution in [0.5, 0.6) is 5.75 Å². The fourth-order valence-electron chi connectivity index (χ4n) is 1.10. The molecule has 15 heavy (non-hydrogen) atoms. The summed E-state index contributed by atoms with van der Waals surface area (Å²) in [6.07, 6.45) is 0. The summed E-state index contributed by atoms with van der Waals surface area (Å²) in [5.74, 6) is 6.26. The van der Waals surface area contributed by atoms with Crippen LogP contribution in [0, 0.1) is 11.8 Å². The van der Waals surface area contributed by atoms with Gasteiger partial charge in [-0.15, -0.1) is 0 Å². The molecule has 0 unspecified atom stereocenters. The van der Waals surface area contributed by atoms with Crippen LogP contribution in [0.2, 0.25) is 0 Å². The summed E-state index contributed by atoms with van der Waals surface area (Å²) in [6.45, 7) is 5.91. The molecule has 1 N–H and O–H groups in total. The Bertz CT molecular complexity index is 360. The van der Waals surface area contributed by atoms with E-state index in [1.165, 1.54) is 0 Å². The Morgan fingerprint density at radius 3 is 2.27 bits per heavy atom. The van der Waals surface area contributed by atoms with Crippen molar-refractivity contribution in [2.45, 2.75) is 26.4 Å². The highest BCUT2D eigenvalue weighted by atomic mass is 16.5. The Kier molecular flexibility index (Phi) is 3.76. The van der Waals surface area contributed by atoms with Crippen molar-refractivity contribution in [2.24, 2.45) is 0 Å². The standard InChI is InChI=1S/C13H16O2/c1-13(2,3)15-12-8-6-11(7-9-12)5-4-10-14/h6-9,14H,10H2,1-3H3. The highest BCUT2D eigenvalue weighted by Crippen LogP contribution is 2.17. The third-order valence-corrected chi connectivity index (χ3v) is 1.59. The van der Waals surface area contributed by atoms with Crippen LogP contribution in [-0.2, 0) is 0 Å². The molecule has 0 fully saturated rings. The first-order chi connectivity index (χ1) is 7.01. The normalized spacial score (nSPS) is 10.4. The van der Waals surface area contributed by atoms with Crippen LogP contribution in [0.3, 0.4) is 0 Å². The summed E-state index contributed by atoms with van der Waals surface area (Å²) < 4.78 is 5.66. The van der Waals surface area contributed by atoms with Crippen molar-refractivity contribution < 1.29 is 9.84 Å². The lowest BCUT2D eigenvalue weighted by molar-refractivity contribution is 0.131. The minimum atomic E-state index is -0.182. The molecule has 1 aromatic rings. The van der Waals surface area contributed by atoms with Gasteiger partial charge in [0, 0.05) is 5.56 Å². The molecule has 0 saturated carbocycles. The van der Waals surface area contributed by atoms with Crippen LogP contribution in [0.1, 0.15) is 26.3 Å². The van der Waals surface area contributed by atoms with Gasteiger partial charge < -0.3 is 9.84 Å². The maximum atomic E-state index is 8.54. The molecule has 0 aliphatic carbocycles. The van der Waals surface area contributed by atoms with Crippen LogP contribution >= 0.6 is 0 Å². The Balaban J connectivity index is 2.73. The van der Waals surface area contributed by atoms with Crippen LogP contribution in [0.25, 0.3) is 0 Å². The van der Waals surface area contributed by atoms with Gasteiger partial charge in [0.15, 0.2) is 0 Å². The lowest BCUT2D eigenvalue weighted by Gasteiger charge is -2.21. The molecular formula is C13H16O2. The Morgan fingerprint density at radius 1 is 1.20 bits per heavy atom. The fourth-order valence-corrected chi connectivity index (χ4v) is 1.10. The highest BCUT2D eigenvalue weighted by Gasteiger charge is 2.10. The molecule has 0 aromatic heterocycles. The molecule has 0 heterocycles. The number of ether oxygens (including phenoxy) is 1. The van der Waals surface area contributed by atoms with Gasteiger partial charge in [0.1, 0.15) is 18.0 Å². The third kappa shape index (κ3) is 4.53. The van der Waals surface area contributed by atoms with Gasteiger partial charge in [-0.25, -0.2) is 0 Å². The first-order valence-electron chi connectivity index (χ1n) is 4.90. The molecule has 2 nitrogen and oxygen atoms in total. The minimum Gasteiger partial charge on any atom is -0.488 e. The smallest absolute Gasteiger partial charge is 0.120 e. The monoisotopic (exact) mass is 204 g/mol. The predicted octanol–water partition coefficient (Wildman–Crippen LogP) is 2.21. The van der Waals surface area contributed by atoms with E-state index in [-0.39, 0.29) is 12.2 Å². The lowest BCUT2D eigenvalue weighted by Crippen LogP contribution is -2.22. The van der Waals surface area contributed by atoms with Crippen molar-refractivity contribution in [3.05, 3.63) is 29.8 Å². The second-order valence-electron chi connectivity index (χ2n) is 4.20. The van der Waals surface area contributed by atoms with Crippen LogP contribution in [0.4, 0.5) is 0 Å². The van der Waals surface area contributed by atoms with E-state index in [1.807, 2.05) is 45.0 Å². The van der Waals surface area contributed by atoms with E-state index in [9.17, 15) is 0 Å². The summed E-state index contributed by atoms with van der Waals surface area (Å²) in [4.78, 5) is 0. The van der Waals surface area contributed by atoms with Crippen molar-refractivity contribution in [1.29, 1.82) is 0 Å². The molecule has 0 amide bonds. The number of aliphatic hydroxyl groups excluding tert-OH is 1. The average molecular weight is 204 g/mol. The SMILES string of the molecule is CC(C)(C)Oc1ccc(C#CCO)cc1. The van der Waals surface area contributed by atoms with Crippen LogP contribution < -0.4 is 4.74 Å². The molecule has 1 aromatic carbocycles. The van der Waals surface area contributed by atoms with Gasteiger partial charge >= 0.3 is 0 Å². The predicted molar refractivity (Wildman–Crippen MR) is 60.8 cm³/mol. The van der Waals surface area contributed by atoms with E-state index >= 15 is 0 Å². The largest absolute Gasteiger partial charge is 0.488 e. The molecule has 1 rings (SSSR count). The van der Waals surface area contributed by atoms with Gasteiger partial charge in [0.2, 0.25) is 0 Å². The zero-order valence-electron chi connectivity index (χ0n) is 9.37. The molecule has 0 aliphatic heterocycles. The van der Waals surface area contributed by atoms with E-state index in [0.29, 0.717) is 0 Å². The maximum absolute atomic E-state index is 8.54. The van der Waals surface area contributed by atoms with E-state index in [4.69, 9.17) is 9.84 Å². The fraction of sp³-hybridized carbons (Fsp3) is 0.385. The van der Waals surface area contributed by atoms with Crippen LogP contribution in [0.15, 0.2) is 24.3 Å². The Morgan fingerprint density at radius 2 is 1.80 bits per heavy atom. The number of rotatable bonds is 1. The van der Waals surface area contributed by atoms with Crippen molar-refractivity contribution >= 4 is 0 Å². The minimum absolute atomic E-state index is 0.111. The van der Waals surface area contributed by atoms with Crippen molar-refractivity contribution in [1.82, 2.24) is 0 Å². The van der Waals surface area contributed by atoms with Gasteiger partial charge in [-0.3, -0.25) is 0 Å². The first-order valence-corrected chi connectivity index (χ1v) is 4.90. The number of hydrogen-bond donors (Lipinski definition) is 1. The number of hydrogen-bond acceptors (Lipinski definition) is 2. The lowest BCUT2D eigenvalue weighted by atomic mass is 10.2. The molecule has 0 atom stereocenters. The van der Waals surface area contributed by atoms with Gasteiger partial charge in [-0.05, 0) is 45.0 Å². The zero-order valence-corrected chi connectivity index (χ0v) is 9.37. The van der Waals surface area contributed by atoms with E-state index < -0.39 is 0 Å². The van der Waals surface area contributed by atoms with Crippen molar-refractivity contribution in [3.8, 4) is 17.6 Å². The molecule has 2 heteroatoms. The van der Waals surface area contributed by atoms with Gasteiger partial charge in [0.25, 0.3) is 0 Å². The average Bonchev–Trinajstić information content (AvgIpc) is 2.14. The second-order valence-corrected chi connectivity index (χ2v) is 4.20. The molecule has 80 valence electrons. The number of aliphatic hydroxyl groups is 1. The summed E-state index contributed by atoms with van der Waals surface area (Å²) in [6, 6.07) is 7.52. The van der Waals surface area contributed by atoms with Gasteiger partial charge in [-0.2, -0.15) is 0 Å². The summed E-state index contributed by atoms with van der Waals surface area (Å²) in [5, 5.41) is 8.54. The molecule has 0 radical (unpaired) electrons. The third-order valence-electron chi connectivity index (χ3n) is 1.59. The van der Waals surface area contributed by atoms with Crippen molar-refractivity contribution in [2.75, 3.05) is 6.61 Å². The first kappa shape index (κ1) is 11.6. The van der Waals surface area contributed by atoms with E-state index in [2.05, 4.69) is 11.8 Å². The molecule has 0 bridgehead atoms. The molecular weight excluding hydrogens is 188 g/mol. The van der Waals surface area contributed by atoms with E-state index in [1.54, 1.807) is 0 Å². The molecule has 0 spiro atoms. The van der Waals surface area contributed by atoms with Gasteiger partial charge in [0.05, 0.1) is 0 Å². The van der Waals surface area contributed by atoms with Crippen molar-refractivity contribution in [3.63, 3.8) is 0 Å². The summed E-state index contributed by atoms with van der Waals surface area (Å²) >= 11 is 0. The summed E-state index contributed by atoms with van der Waals surface area (Å²) in [7, 11) is 0. The highest BCUT2D eigenvalue weighted by molar-refractivity contribution is 5.38. The summed E-state index contributed by atoms with van der Waals surface area (Å²) in [5.41, 5.74) is 0.698. The Hall–Kier alpha value is -1.46.